The van der Waals surface area contributed by atoms with Gasteiger partial charge in [0.1, 0.15) is 5.69 Å². The Morgan fingerprint density at radius 2 is 1.21 bits per heavy atom. The number of hydrogen-bond acceptors (Lipinski definition) is 4. The molecule has 0 saturated heterocycles. The predicted octanol–water partition coefficient (Wildman–Crippen LogP) is 6.55. The second kappa shape index (κ2) is 9.13. The topological polar surface area (TPSA) is 119 Å². The van der Waals surface area contributed by atoms with Gasteiger partial charge in [-0.3, -0.25) is 9.59 Å². The molecule has 0 bridgehead atoms. The Kier molecular flexibility index (Phi) is 6.39. The molecule has 2 aromatic heterocycles. The number of benzene rings is 2. The third kappa shape index (κ3) is 4.53. The molecule has 0 aliphatic carbocycles. The zero-order valence-corrected chi connectivity index (χ0v) is 22.2. The summed E-state index contributed by atoms with van der Waals surface area (Å²) in [4.78, 5) is 52.2. The average Bonchev–Trinajstić information content (AvgIpc) is 3.48. The normalized spacial score (nSPS) is 12.1. The SMILES string of the molecule is CC(C)(C)c1cn(C(=O)O)c(C(=O)c2cc3ccccc3cc2C(=O)c2cccn2C(=O)O)c1C(C)(C)C. The van der Waals surface area contributed by atoms with Crippen molar-refractivity contribution in [1.82, 2.24) is 9.13 Å². The summed E-state index contributed by atoms with van der Waals surface area (Å²) in [5, 5.41) is 21.0. The highest BCUT2D eigenvalue weighted by Crippen LogP contribution is 2.39. The molecule has 0 aliphatic heterocycles. The summed E-state index contributed by atoms with van der Waals surface area (Å²) >= 11 is 0. The van der Waals surface area contributed by atoms with Crippen LogP contribution in [-0.4, -0.2) is 43.1 Å². The molecule has 0 aliphatic rings. The minimum Gasteiger partial charge on any atom is -0.464 e. The number of aromatic nitrogens is 2. The highest BCUT2D eigenvalue weighted by molar-refractivity contribution is 6.22. The number of rotatable bonds is 4. The van der Waals surface area contributed by atoms with Crippen molar-refractivity contribution >= 4 is 34.5 Å². The Hall–Kier alpha value is -4.46. The largest absolute Gasteiger partial charge is 0.464 e. The first kappa shape index (κ1) is 26.6. The molecule has 4 aromatic rings. The van der Waals surface area contributed by atoms with Gasteiger partial charge in [0.25, 0.3) is 0 Å². The van der Waals surface area contributed by atoms with E-state index in [9.17, 15) is 29.4 Å². The molecule has 2 heterocycles. The average molecular weight is 515 g/mol. The maximum atomic E-state index is 14.4. The van der Waals surface area contributed by atoms with Crippen LogP contribution in [0.2, 0.25) is 0 Å². The summed E-state index contributed by atoms with van der Waals surface area (Å²) in [6.45, 7) is 11.6. The number of carbonyl (C=O) groups excluding carboxylic acids is 2. The van der Waals surface area contributed by atoms with Crippen LogP contribution < -0.4 is 0 Å². The van der Waals surface area contributed by atoms with Gasteiger partial charge in [-0.15, -0.1) is 0 Å². The highest BCUT2D eigenvalue weighted by atomic mass is 16.4. The van der Waals surface area contributed by atoms with Crippen LogP contribution in [0.3, 0.4) is 0 Å². The van der Waals surface area contributed by atoms with E-state index in [1.807, 2.05) is 41.5 Å². The third-order valence-electron chi connectivity index (χ3n) is 6.55. The van der Waals surface area contributed by atoms with Gasteiger partial charge in [-0.05, 0) is 57.0 Å². The van der Waals surface area contributed by atoms with Gasteiger partial charge in [0.05, 0.1) is 5.69 Å². The molecule has 0 saturated carbocycles. The van der Waals surface area contributed by atoms with Crippen LogP contribution >= 0.6 is 0 Å². The Morgan fingerprint density at radius 1 is 0.684 bits per heavy atom. The van der Waals surface area contributed by atoms with Crippen LogP contribution in [0.15, 0.2) is 60.9 Å². The number of fused-ring (bicyclic) bond motifs is 1. The van der Waals surface area contributed by atoms with Crippen molar-refractivity contribution in [1.29, 1.82) is 0 Å². The van der Waals surface area contributed by atoms with Gasteiger partial charge in [-0.2, -0.15) is 0 Å². The lowest BCUT2D eigenvalue weighted by molar-refractivity contribution is 0.0993. The van der Waals surface area contributed by atoms with E-state index in [4.69, 9.17) is 0 Å². The standard InChI is InChI=1S/C30H30N2O6/c1-29(2,3)21-16-32(28(37)38)24(23(21)30(4,5)6)26(34)20-15-18-11-8-7-10-17(18)14-19(20)25(33)22-12-9-13-31(22)27(35)36/h7-16H,1-6H3,(H,35,36)(H,37,38). The van der Waals surface area contributed by atoms with E-state index in [0.717, 1.165) is 9.13 Å². The van der Waals surface area contributed by atoms with Crippen LogP contribution in [0.1, 0.15) is 84.8 Å². The fraction of sp³-hybridized carbons (Fsp3) is 0.267. The van der Waals surface area contributed by atoms with Crippen molar-refractivity contribution in [3.63, 3.8) is 0 Å². The highest BCUT2D eigenvalue weighted by Gasteiger charge is 2.37. The van der Waals surface area contributed by atoms with Gasteiger partial charge < -0.3 is 10.2 Å². The van der Waals surface area contributed by atoms with Gasteiger partial charge in [0, 0.05) is 23.5 Å². The first-order chi connectivity index (χ1) is 17.6. The maximum Gasteiger partial charge on any atom is 0.416 e. The first-order valence-corrected chi connectivity index (χ1v) is 12.2. The lowest BCUT2D eigenvalue weighted by Crippen LogP contribution is -2.25. The molecule has 0 radical (unpaired) electrons. The summed E-state index contributed by atoms with van der Waals surface area (Å²) in [6, 6.07) is 13.1. The van der Waals surface area contributed by atoms with E-state index < -0.39 is 34.6 Å². The Labute approximate surface area is 220 Å². The maximum absolute atomic E-state index is 14.4. The molecule has 196 valence electrons. The summed E-state index contributed by atoms with van der Waals surface area (Å²) in [5.41, 5.74) is 0.0520. The van der Waals surface area contributed by atoms with E-state index in [0.29, 0.717) is 21.9 Å². The van der Waals surface area contributed by atoms with Gasteiger partial charge in [0.15, 0.2) is 0 Å². The van der Waals surface area contributed by atoms with Crippen LogP contribution in [0.25, 0.3) is 10.8 Å². The monoisotopic (exact) mass is 514 g/mol. The smallest absolute Gasteiger partial charge is 0.416 e. The minimum absolute atomic E-state index is 0.00148. The third-order valence-corrected chi connectivity index (χ3v) is 6.55. The first-order valence-electron chi connectivity index (χ1n) is 12.2. The number of ketones is 2. The second-order valence-corrected chi connectivity index (χ2v) is 11.4. The molecular weight excluding hydrogens is 484 g/mol. The van der Waals surface area contributed by atoms with Gasteiger partial charge in [-0.25, -0.2) is 18.7 Å². The molecule has 2 aromatic carbocycles. The van der Waals surface area contributed by atoms with Crippen molar-refractivity contribution in [2.75, 3.05) is 0 Å². The van der Waals surface area contributed by atoms with Crippen molar-refractivity contribution < 1.29 is 29.4 Å². The molecule has 0 spiro atoms. The van der Waals surface area contributed by atoms with E-state index in [2.05, 4.69) is 0 Å². The van der Waals surface area contributed by atoms with Gasteiger partial charge in [0.2, 0.25) is 11.6 Å². The van der Waals surface area contributed by atoms with Crippen LogP contribution in [0, 0.1) is 0 Å². The Balaban J connectivity index is 2.07. The number of hydrogen-bond donors (Lipinski definition) is 2. The number of nitrogens with zero attached hydrogens (tertiary/aromatic N) is 2. The zero-order valence-electron chi connectivity index (χ0n) is 22.2. The summed E-state index contributed by atoms with van der Waals surface area (Å²) < 4.78 is 1.73. The van der Waals surface area contributed by atoms with E-state index in [-0.39, 0.29) is 22.5 Å². The molecule has 0 fully saturated rings. The molecule has 2 N–H and O–H groups in total. The molecule has 4 rings (SSSR count). The van der Waals surface area contributed by atoms with E-state index in [1.54, 1.807) is 36.4 Å². The predicted molar refractivity (Wildman–Crippen MR) is 144 cm³/mol. The number of carbonyl (C=O) groups is 4. The second-order valence-electron chi connectivity index (χ2n) is 11.4. The van der Waals surface area contributed by atoms with Crippen LogP contribution in [-0.2, 0) is 10.8 Å². The van der Waals surface area contributed by atoms with E-state index in [1.165, 1.54) is 24.5 Å². The summed E-state index contributed by atoms with van der Waals surface area (Å²) in [6.07, 6.45) is 0.0781. The fourth-order valence-electron chi connectivity index (χ4n) is 4.82. The molecule has 0 unspecified atom stereocenters. The molecule has 38 heavy (non-hydrogen) atoms. The summed E-state index contributed by atoms with van der Waals surface area (Å²) in [7, 11) is 0. The molecule has 8 heteroatoms. The lowest BCUT2D eigenvalue weighted by Gasteiger charge is -2.27. The minimum atomic E-state index is -1.34. The Bertz CT molecular complexity index is 1620. The molecule has 8 nitrogen and oxygen atoms in total. The van der Waals surface area contributed by atoms with Crippen LogP contribution in [0.4, 0.5) is 9.59 Å². The van der Waals surface area contributed by atoms with Crippen LogP contribution in [0.5, 0.6) is 0 Å². The number of carboxylic acid groups (broad SMARTS) is 2. The fourth-order valence-corrected chi connectivity index (χ4v) is 4.82. The molecule has 0 atom stereocenters. The van der Waals surface area contributed by atoms with Crippen molar-refractivity contribution in [3.05, 3.63) is 94.6 Å². The Morgan fingerprint density at radius 3 is 1.68 bits per heavy atom. The quantitative estimate of drug-likeness (QED) is 0.298. The van der Waals surface area contributed by atoms with Crippen molar-refractivity contribution in [3.8, 4) is 0 Å². The molecular formula is C30H30N2O6. The van der Waals surface area contributed by atoms with E-state index >= 15 is 0 Å². The zero-order chi connectivity index (χ0) is 28.2. The van der Waals surface area contributed by atoms with Crippen molar-refractivity contribution in [2.45, 2.75) is 52.4 Å². The van der Waals surface area contributed by atoms with Crippen molar-refractivity contribution in [2.24, 2.45) is 0 Å². The van der Waals surface area contributed by atoms with Gasteiger partial charge >= 0.3 is 12.2 Å². The van der Waals surface area contributed by atoms with Gasteiger partial charge in [-0.1, -0.05) is 65.8 Å². The molecule has 0 amide bonds. The summed E-state index contributed by atoms with van der Waals surface area (Å²) in [5.74, 6) is -1.29. The lowest BCUT2D eigenvalue weighted by atomic mass is 9.75.